The number of hydrogen-bond donors (Lipinski definition) is 0. The molecule has 2 aliphatic rings. The summed E-state index contributed by atoms with van der Waals surface area (Å²) < 4.78 is 7.33. The second kappa shape index (κ2) is 8.23. The van der Waals surface area contributed by atoms with Gasteiger partial charge in [-0.05, 0) is 44.1 Å². The fourth-order valence-corrected chi connectivity index (χ4v) is 5.04. The third-order valence-corrected chi connectivity index (χ3v) is 6.99. The van der Waals surface area contributed by atoms with Gasteiger partial charge in [0.25, 0.3) is 0 Å². The predicted octanol–water partition coefficient (Wildman–Crippen LogP) is 1.70. The molecule has 156 valence electrons. The molecule has 2 fully saturated rings. The van der Waals surface area contributed by atoms with Crippen molar-refractivity contribution in [2.45, 2.75) is 46.5 Å². The Morgan fingerprint density at radius 2 is 1.89 bits per heavy atom. The molecule has 2 saturated heterocycles. The van der Waals surface area contributed by atoms with E-state index in [0.717, 1.165) is 56.8 Å². The third kappa shape index (κ3) is 3.95. The summed E-state index contributed by atoms with van der Waals surface area (Å²) in [5, 5.41) is 4.44. The van der Waals surface area contributed by atoms with Gasteiger partial charge in [-0.1, -0.05) is 0 Å². The fourth-order valence-electron chi connectivity index (χ4n) is 5.04. The molecule has 1 aromatic heterocycles. The molecule has 2 amide bonds. The van der Waals surface area contributed by atoms with E-state index in [9.17, 15) is 9.59 Å². The average Bonchev–Trinajstić information content (AvgIpc) is 3.12. The molecule has 3 heterocycles. The molecule has 7 heteroatoms. The second-order valence-electron chi connectivity index (χ2n) is 8.57. The zero-order chi connectivity index (χ0) is 20.5. The summed E-state index contributed by atoms with van der Waals surface area (Å²) in [6.45, 7) is 9.51. The highest BCUT2D eigenvalue weighted by molar-refractivity contribution is 5.76. The maximum absolute atomic E-state index is 12.8. The van der Waals surface area contributed by atoms with Gasteiger partial charge in [0.05, 0.1) is 12.3 Å². The summed E-state index contributed by atoms with van der Waals surface area (Å²) >= 11 is 0. The Hall–Kier alpha value is -1.89. The normalized spacial score (nSPS) is 21.5. The van der Waals surface area contributed by atoms with Gasteiger partial charge in [0, 0.05) is 65.3 Å². The number of piperidine rings is 1. The predicted molar refractivity (Wildman–Crippen MR) is 107 cm³/mol. The molecule has 0 bridgehead atoms. The van der Waals surface area contributed by atoms with E-state index in [1.165, 1.54) is 5.56 Å². The molecule has 7 nitrogen and oxygen atoms in total. The van der Waals surface area contributed by atoms with Crippen molar-refractivity contribution in [3.05, 3.63) is 17.0 Å². The van der Waals surface area contributed by atoms with Crippen LogP contribution < -0.4 is 0 Å². The molecular formula is C21H34N4O3. The number of hydrogen-bond acceptors (Lipinski definition) is 4. The van der Waals surface area contributed by atoms with Crippen molar-refractivity contribution in [2.75, 3.05) is 39.9 Å². The molecule has 3 rings (SSSR count). The first kappa shape index (κ1) is 20.8. The lowest BCUT2D eigenvalue weighted by atomic mass is 9.71. The van der Waals surface area contributed by atoms with E-state index >= 15 is 0 Å². The number of aryl methyl sites for hydroxylation is 2. The van der Waals surface area contributed by atoms with Gasteiger partial charge in [-0.2, -0.15) is 5.10 Å². The van der Waals surface area contributed by atoms with Crippen molar-refractivity contribution in [2.24, 2.45) is 18.4 Å². The van der Waals surface area contributed by atoms with Crippen molar-refractivity contribution in [1.82, 2.24) is 19.6 Å². The largest absolute Gasteiger partial charge is 0.384 e. The van der Waals surface area contributed by atoms with Crippen molar-refractivity contribution in [1.29, 1.82) is 0 Å². The molecule has 1 atom stereocenters. The molecule has 1 unspecified atom stereocenters. The molecule has 28 heavy (non-hydrogen) atoms. The van der Waals surface area contributed by atoms with Gasteiger partial charge in [-0.25, -0.2) is 0 Å². The van der Waals surface area contributed by atoms with Crippen LogP contribution in [0.4, 0.5) is 0 Å². The average molecular weight is 391 g/mol. The minimum atomic E-state index is 0.0922. The van der Waals surface area contributed by atoms with Gasteiger partial charge in [-0.15, -0.1) is 0 Å². The monoisotopic (exact) mass is 390 g/mol. The minimum absolute atomic E-state index is 0.0922. The molecule has 0 aromatic carbocycles. The van der Waals surface area contributed by atoms with Crippen LogP contribution in [-0.4, -0.2) is 71.3 Å². The van der Waals surface area contributed by atoms with Gasteiger partial charge in [0.1, 0.15) is 0 Å². The lowest BCUT2D eigenvalue weighted by molar-refractivity contribution is -0.134. The third-order valence-electron chi connectivity index (χ3n) is 6.99. The highest BCUT2D eigenvalue weighted by atomic mass is 16.5. The Labute approximate surface area is 168 Å². The molecule has 2 aliphatic heterocycles. The minimum Gasteiger partial charge on any atom is -0.384 e. The Bertz CT molecular complexity index is 734. The highest BCUT2D eigenvalue weighted by Crippen LogP contribution is 2.45. The van der Waals surface area contributed by atoms with E-state index < -0.39 is 0 Å². The van der Waals surface area contributed by atoms with E-state index in [1.807, 2.05) is 28.5 Å². The van der Waals surface area contributed by atoms with E-state index in [4.69, 9.17) is 4.74 Å². The van der Waals surface area contributed by atoms with Crippen LogP contribution in [0, 0.1) is 25.2 Å². The van der Waals surface area contributed by atoms with Crippen molar-refractivity contribution in [3.63, 3.8) is 0 Å². The van der Waals surface area contributed by atoms with Gasteiger partial charge in [-0.3, -0.25) is 14.3 Å². The first-order valence-electron chi connectivity index (χ1n) is 10.3. The van der Waals surface area contributed by atoms with Gasteiger partial charge in [0.15, 0.2) is 0 Å². The Kier molecular flexibility index (Phi) is 6.12. The van der Waals surface area contributed by atoms with Crippen LogP contribution >= 0.6 is 0 Å². The molecular weight excluding hydrogens is 356 g/mol. The molecule has 1 aromatic rings. The van der Waals surface area contributed by atoms with E-state index in [-0.39, 0.29) is 17.2 Å². The van der Waals surface area contributed by atoms with Crippen LogP contribution in [-0.2, 0) is 27.8 Å². The first-order valence-corrected chi connectivity index (χ1v) is 10.3. The van der Waals surface area contributed by atoms with Gasteiger partial charge >= 0.3 is 0 Å². The van der Waals surface area contributed by atoms with E-state index in [0.29, 0.717) is 18.9 Å². The van der Waals surface area contributed by atoms with Crippen LogP contribution in [0.2, 0.25) is 0 Å². The van der Waals surface area contributed by atoms with Crippen molar-refractivity contribution in [3.8, 4) is 0 Å². The Balaban J connectivity index is 1.58. The summed E-state index contributed by atoms with van der Waals surface area (Å²) in [4.78, 5) is 28.6. The number of carbonyl (C=O) groups excluding carboxylic acids is 2. The van der Waals surface area contributed by atoms with Crippen LogP contribution in [0.5, 0.6) is 0 Å². The standard InChI is InChI=1S/C21H34N4O3/c1-15-19(16(2)23(4)22-15)6-7-20(27)24-10-8-21(9-11-24)14-25(17(3)26)12-18(21)13-28-5/h18H,6-14H2,1-5H3. The number of carbonyl (C=O) groups is 2. The van der Waals surface area contributed by atoms with E-state index in [2.05, 4.69) is 12.0 Å². The van der Waals surface area contributed by atoms with Gasteiger partial charge < -0.3 is 14.5 Å². The number of ether oxygens (including phenoxy) is 1. The molecule has 0 aliphatic carbocycles. The van der Waals surface area contributed by atoms with Crippen molar-refractivity contribution >= 4 is 11.8 Å². The summed E-state index contributed by atoms with van der Waals surface area (Å²) in [6.07, 6.45) is 3.17. The second-order valence-corrected chi connectivity index (χ2v) is 8.57. The number of aromatic nitrogens is 2. The van der Waals surface area contributed by atoms with Crippen LogP contribution in [0.3, 0.4) is 0 Å². The zero-order valence-electron chi connectivity index (χ0n) is 18.0. The molecule has 0 saturated carbocycles. The molecule has 0 radical (unpaired) electrons. The van der Waals surface area contributed by atoms with Gasteiger partial charge in [0.2, 0.25) is 11.8 Å². The topological polar surface area (TPSA) is 67.7 Å². The number of amides is 2. The number of likely N-dealkylation sites (tertiary alicyclic amines) is 2. The smallest absolute Gasteiger partial charge is 0.222 e. The first-order chi connectivity index (χ1) is 13.3. The Morgan fingerprint density at radius 1 is 1.21 bits per heavy atom. The number of nitrogens with zero attached hydrogens (tertiary/aromatic N) is 4. The number of rotatable bonds is 5. The summed E-state index contributed by atoms with van der Waals surface area (Å²) in [7, 11) is 3.67. The van der Waals surface area contributed by atoms with Crippen LogP contribution in [0.25, 0.3) is 0 Å². The summed E-state index contributed by atoms with van der Waals surface area (Å²) in [6, 6.07) is 0. The maximum atomic E-state index is 12.8. The summed E-state index contributed by atoms with van der Waals surface area (Å²) in [5.41, 5.74) is 3.44. The summed E-state index contributed by atoms with van der Waals surface area (Å²) in [5.74, 6) is 0.722. The maximum Gasteiger partial charge on any atom is 0.222 e. The van der Waals surface area contributed by atoms with Crippen molar-refractivity contribution < 1.29 is 14.3 Å². The number of methoxy groups -OCH3 is 1. The van der Waals surface area contributed by atoms with Crippen LogP contribution in [0.1, 0.15) is 43.1 Å². The quantitative estimate of drug-likeness (QED) is 0.768. The van der Waals surface area contributed by atoms with Crippen LogP contribution in [0.15, 0.2) is 0 Å². The Morgan fingerprint density at radius 3 is 2.43 bits per heavy atom. The lowest BCUT2D eigenvalue weighted by Gasteiger charge is -2.42. The van der Waals surface area contributed by atoms with E-state index in [1.54, 1.807) is 14.0 Å². The lowest BCUT2D eigenvalue weighted by Crippen LogP contribution is -2.47. The fraction of sp³-hybridized carbons (Fsp3) is 0.762. The molecule has 1 spiro atoms. The molecule has 0 N–H and O–H groups in total. The highest BCUT2D eigenvalue weighted by Gasteiger charge is 2.49. The zero-order valence-corrected chi connectivity index (χ0v) is 18.0. The SMILES string of the molecule is COCC1CN(C(C)=O)CC12CCN(C(=O)CCc1c(C)nn(C)c1C)CC2.